The Hall–Kier alpha value is -3.35. The van der Waals surface area contributed by atoms with Gasteiger partial charge in [0.25, 0.3) is 0 Å². The lowest BCUT2D eigenvalue weighted by Crippen LogP contribution is -2.20. The van der Waals surface area contributed by atoms with E-state index in [0.717, 1.165) is 17.0 Å². The second-order valence-electron chi connectivity index (χ2n) is 4.74. The van der Waals surface area contributed by atoms with Crippen LogP contribution in [0.2, 0.25) is 0 Å². The van der Waals surface area contributed by atoms with E-state index < -0.39 is 6.03 Å². The van der Waals surface area contributed by atoms with Crippen molar-refractivity contribution in [1.82, 2.24) is 15.0 Å². The number of ether oxygens (including phenoxy) is 1. The van der Waals surface area contributed by atoms with Crippen LogP contribution < -0.4 is 15.8 Å². The quantitative estimate of drug-likeness (QED) is 0.773. The van der Waals surface area contributed by atoms with Crippen LogP contribution in [-0.2, 0) is 0 Å². The SMILES string of the molecule is COc1ccc(-n2nc(NC(N)=O)c(-c3ccccc3)n2)cc1. The van der Waals surface area contributed by atoms with Gasteiger partial charge in [-0.1, -0.05) is 30.3 Å². The molecule has 0 saturated carbocycles. The van der Waals surface area contributed by atoms with E-state index >= 15 is 0 Å². The summed E-state index contributed by atoms with van der Waals surface area (Å²) in [6, 6.07) is 16.0. The Balaban J connectivity index is 2.05. The third kappa shape index (κ3) is 3.13. The van der Waals surface area contributed by atoms with E-state index in [1.165, 1.54) is 4.80 Å². The lowest BCUT2D eigenvalue weighted by molar-refractivity contribution is 0.259. The van der Waals surface area contributed by atoms with E-state index in [4.69, 9.17) is 10.5 Å². The molecule has 0 unspecified atom stereocenters. The Morgan fingerprint density at radius 3 is 2.39 bits per heavy atom. The lowest BCUT2D eigenvalue weighted by atomic mass is 10.1. The number of primary amides is 1. The van der Waals surface area contributed by atoms with Gasteiger partial charge in [0.1, 0.15) is 11.4 Å². The number of hydrogen-bond acceptors (Lipinski definition) is 4. The highest BCUT2D eigenvalue weighted by Gasteiger charge is 2.15. The topological polar surface area (TPSA) is 95.1 Å². The van der Waals surface area contributed by atoms with Gasteiger partial charge < -0.3 is 10.5 Å². The third-order valence-electron chi connectivity index (χ3n) is 3.21. The molecule has 0 fully saturated rings. The Morgan fingerprint density at radius 1 is 1.09 bits per heavy atom. The van der Waals surface area contributed by atoms with Crippen LogP contribution in [0.4, 0.5) is 10.6 Å². The van der Waals surface area contributed by atoms with E-state index in [0.29, 0.717) is 11.5 Å². The number of rotatable bonds is 4. The van der Waals surface area contributed by atoms with Gasteiger partial charge in [-0.05, 0) is 24.3 Å². The van der Waals surface area contributed by atoms with Gasteiger partial charge in [-0.15, -0.1) is 15.0 Å². The van der Waals surface area contributed by atoms with E-state index in [1.807, 2.05) is 54.6 Å². The fraction of sp³-hybridized carbons (Fsp3) is 0.0625. The standard InChI is InChI=1S/C16H15N5O2/c1-23-13-9-7-12(8-10-13)21-19-14(11-5-3-2-4-6-11)15(20-21)18-16(17)22/h2-10H,1H3,(H3,17,18,20,22). The maximum absolute atomic E-state index is 11.2. The summed E-state index contributed by atoms with van der Waals surface area (Å²) in [5.41, 5.74) is 7.32. The van der Waals surface area contributed by atoms with Crippen molar-refractivity contribution in [2.24, 2.45) is 5.73 Å². The number of urea groups is 1. The highest BCUT2D eigenvalue weighted by Crippen LogP contribution is 2.25. The van der Waals surface area contributed by atoms with Crippen molar-refractivity contribution in [3.63, 3.8) is 0 Å². The fourth-order valence-corrected chi connectivity index (χ4v) is 2.13. The average molecular weight is 309 g/mol. The van der Waals surface area contributed by atoms with Gasteiger partial charge in [0.05, 0.1) is 12.8 Å². The van der Waals surface area contributed by atoms with Crippen LogP contribution in [0.15, 0.2) is 54.6 Å². The summed E-state index contributed by atoms with van der Waals surface area (Å²) < 4.78 is 5.13. The largest absolute Gasteiger partial charge is 0.497 e. The minimum atomic E-state index is -0.691. The smallest absolute Gasteiger partial charge is 0.317 e. The molecule has 0 radical (unpaired) electrons. The first-order valence-electron chi connectivity index (χ1n) is 6.91. The number of nitrogens with two attached hydrogens (primary N) is 1. The molecule has 23 heavy (non-hydrogen) atoms. The van der Waals surface area contributed by atoms with E-state index in [2.05, 4.69) is 15.5 Å². The molecule has 0 aliphatic heterocycles. The van der Waals surface area contributed by atoms with Crippen molar-refractivity contribution in [2.45, 2.75) is 0 Å². The molecule has 7 nitrogen and oxygen atoms in total. The fourth-order valence-electron chi connectivity index (χ4n) is 2.13. The molecular weight excluding hydrogens is 294 g/mol. The van der Waals surface area contributed by atoms with Gasteiger partial charge in [-0.2, -0.15) is 0 Å². The monoisotopic (exact) mass is 309 g/mol. The number of aromatic nitrogens is 3. The second kappa shape index (κ2) is 6.18. The molecule has 0 aliphatic rings. The number of nitrogens with one attached hydrogen (secondary N) is 1. The van der Waals surface area contributed by atoms with Gasteiger partial charge in [0.2, 0.25) is 0 Å². The first-order valence-corrected chi connectivity index (χ1v) is 6.91. The molecule has 0 bridgehead atoms. The summed E-state index contributed by atoms with van der Waals surface area (Å²) in [7, 11) is 1.60. The number of anilines is 1. The van der Waals surface area contributed by atoms with Crippen molar-refractivity contribution < 1.29 is 9.53 Å². The summed E-state index contributed by atoms with van der Waals surface area (Å²) in [4.78, 5) is 12.6. The van der Waals surface area contributed by atoms with Gasteiger partial charge in [0, 0.05) is 5.56 Å². The van der Waals surface area contributed by atoms with Crippen LogP contribution in [0.1, 0.15) is 0 Å². The zero-order valence-corrected chi connectivity index (χ0v) is 12.4. The predicted molar refractivity (Wildman–Crippen MR) is 86.6 cm³/mol. The summed E-state index contributed by atoms with van der Waals surface area (Å²) in [5, 5.41) is 11.3. The molecule has 0 saturated heterocycles. The maximum atomic E-state index is 11.2. The van der Waals surface area contributed by atoms with Gasteiger partial charge >= 0.3 is 6.03 Å². The van der Waals surface area contributed by atoms with Crippen molar-refractivity contribution >= 4 is 11.8 Å². The molecule has 0 spiro atoms. The molecule has 3 rings (SSSR count). The Kier molecular flexibility index (Phi) is 3.92. The first kappa shape index (κ1) is 14.6. The van der Waals surface area contributed by atoms with E-state index in [-0.39, 0.29) is 0 Å². The Morgan fingerprint density at radius 2 is 1.78 bits per heavy atom. The number of benzene rings is 2. The molecule has 2 aromatic carbocycles. The van der Waals surface area contributed by atoms with E-state index in [1.54, 1.807) is 7.11 Å². The molecule has 1 aromatic heterocycles. The summed E-state index contributed by atoms with van der Waals surface area (Å²) in [6.45, 7) is 0. The summed E-state index contributed by atoms with van der Waals surface area (Å²) in [6.07, 6.45) is 0. The predicted octanol–water partition coefficient (Wildman–Crippen LogP) is 2.43. The van der Waals surface area contributed by atoms with E-state index in [9.17, 15) is 4.79 Å². The minimum Gasteiger partial charge on any atom is -0.497 e. The second-order valence-corrected chi connectivity index (χ2v) is 4.74. The van der Waals surface area contributed by atoms with Gasteiger partial charge in [0.15, 0.2) is 5.82 Å². The van der Waals surface area contributed by atoms with Crippen molar-refractivity contribution in [1.29, 1.82) is 0 Å². The molecular formula is C16H15N5O2. The lowest BCUT2D eigenvalue weighted by Gasteiger charge is -2.01. The van der Waals surface area contributed by atoms with Crippen molar-refractivity contribution in [3.05, 3.63) is 54.6 Å². The zero-order valence-electron chi connectivity index (χ0n) is 12.4. The number of nitrogens with zero attached hydrogens (tertiary/aromatic N) is 3. The number of methoxy groups -OCH3 is 1. The Bertz CT molecular complexity index is 812. The maximum Gasteiger partial charge on any atom is 0.317 e. The molecule has 0 atom stereocenters. The number of amides is 2. The van der Waals surface area contributed by atoms with Crippen LogP contribution in [-0.4, -0.2) is 28.1 Å². The highest BCUT2D eigenvalue weighted by atomic mass is 16.5. The molecule has 1 heterocycles. The third-order valence-corrected chi connectivity index (χ3v) is 3.21. The molecule has 3 aromatic rings. The van der Waals surface area contributed by atoms with Crippen LogP contribution >= 0.6 is 0 Å². The first-order chi connectivity index (χ1) is 11.2. The van der Waals surface area contributed by atoms with Crippen LogP contribution in [0.3, 0.4) is 0 Å². The summed E-state index contributed by atoms with van der Waals surface area (Å²) >= 11 is 0. The van der Waals surface area contributed by atoms with Crippen molar-refractivity contribution in [3.8, 4) is 22.7 Å². The normalized spacial score (nSPS) is 10.3. The zero-order chi connectivity index (χ0) is 16.2. The molecule has 2 amide bonds. The molecule has 3 N–H and O–H groups in total. The van der Waals surface area contributed by atoms with Gasteiger partial charge in [-0.3, -0.25) is 5.32 Å². The number of carbonyl (C=O) groups is 1. The van der Waals surface area contributed by atoms with Crippen molar-refractivity contribution in [2.75, 3.05) is 12.4 Å². The van der Waals surface area contributed by atoms with Crippen LogP contribution in [0.5, 0.6) is 5.75 Å². The number of hydrogen-bond donors (Lipinski definition) is 2. The minimum absolute atomic E-state index is 0.305. The highest BCUT2D eigenvalue weighted by molar-refractivity contribution is 5.90. The Labute approximate surface area is 132 Å². The van der Waals surface area contributed by atoms with Gasteiger partial charge in [-0.25, -0.2) is 4.79 Å². The molecule has 0 aliphatic carbocycles. The number of carbonyl (C=O) groups excluding carboxylic acids is 1. The van der Waals surface area contributed by atoms with Crippen LogP contribution in [0, 0.1) is 0 Å². The molecule has 7 heteroatoms. The summed E-state index contributed by atoms with van der Waals surface area (Å²) in [5.74, 6) is 1.04. The molecule has 116 valence electrons. The average Bonchev–Trinajstić information content (AvgIpc) is 2.99. The van der Waals surface area contributed by atoms with Crippen LogP contribution in [0.25, 0.3) is 16.9 Å².